The van der Waals surface area contributed by atoms with Crippen molar-refractivity contribution in [3.8, 4) is 0 Å². The molecular formula is C13H26N4OS. The van der Waals surface area contributed by atoms with E-state index in [1.165, 1.54) is 31.4 Å². The van der Waals surface area contributed by atoms with Gasteiger partial charge in [-0.3, -0.25) is 4.68 Å². The lowest BCUT2D eigenvalue weighted by atomic mass is 10.2. The van der Waals surface area contributed by atoms with Crippen LogP contribution < -0.4 is 5.32 Å². The van der Waals surface area contributed by atoms with Crippen molar-refractivity contribution in [2.45, 2.75) is 45.2 Å². The van der Waals surface area contributed by atoms with Crippen molar-refractivity contribution < 1.29 is 5.11 Å². The Bertz CT molecular complexity index is 319. The number of hydrogen-bond acceptors (Lipinski definition) is 5. The van der Waals surface area contributed by atoms with E-state index >= 15 is 0 Å². The first-order valence-corrected chi connectivity index (χ1v) is 8.45. The minimum absolute atomic E-state index is 0.198. The van der Waals surface area contributed by atoms with E-state index in [0.29, 0.717) is 0 Å². The zero-order valence-electron chi connectivity index (χ0n) is 11.8. The predicted molar refractivity (Wildman–Crippen MR) is 80.3 cm³/mol. The van der Waals surface area contributed by atoms with E-state index < -0.39 is 0 Å². The van der Waals surface area contributed by atoms with E-state index in [9.17, 15) is 0 Å². The van der Waals surface area contributed by atoms with Gasteiger partial charge >= 0.3 is 0 Å². The number of nitrogens with zero attached hydrogens (tertiary/aromatic N) is 3. The molecule has 0 amide bonds. The molecule has 0 aliphatic carbocycles. The van der Waals surface area contributed by atoms with Crippen LogP contribution in [0, 0.1) is 0 Å². The topological polar surface area (TPSA) is 63.0 Å². The van der Waals surface area contributed by atoms with E-state index in [1.54, 1.807) is 4.68 Å². The SMILES string of the molecule is CSCCCCCCNCc1cn(CCCO)nn1. The van der Waals surface area contributed by atoms with Crippen LogP contribution in [0.5, 0.6) is 0 Å². The van der Waals surface area contributed by atoms with Gasteiger partial charge in [0.2, 0.25) is 0 Å². The maximum atomic E-state index is 8.74. The molecule has 0 saturated carbocycles. The third-order valence-electron chi connectivity index (χ3n) is 2.89. The number of unbranched alkanes of at least 4 members (excludes halogenated alkanes) is 3. The maximum Gasteiger partial charge on any atom is 0.0964 e. The Morgan fingerprint density at radius 1 is 1.26 bits per heavy atom. The lowest BCUT2D eigenvalue weighted by Crippen LogP contribution is -2.14. The van der Waals surface area contributed by atoms with Crippen LogP contribution in [-0.2, 0) is 13.1 Å². The number of aromatic nitrogens is 3. The van der Waals surface area contributed by atoms with Gasteiger partial charge < -0.3 is 10.4 Å². The maximum absolute atomic E-state index is 8.74. The fraction of sp³-hybridized carbons (Fsp3) is 0.846. The van der Waals surface area contributed by atoms with Gasteiger partial charge in [0.15, 0.2) is 0 Å². The summed E-state index contributed by atoms with van der Waals surface area (Å²) in [4.78, 5) is 0. The number of rotatable bonds is 12. The van der Waals surface area contributed by atoms with Gasteiger partial charge in [-0.15, -0.1) is 5.10 Å². The third-order valence-corrected chi connectivity index (χ3v) is 3.59. The van der Waals surface area contributed by atoms with Crippen molar-refractivity contribution >= 4 is 11.8 Å². The molecule has 0 aliphatic rings. The summed E-state index contributed by atoms with van der Waals surface area (Å²) >= 11 is 1.93. The largest absolute Gasteiger partial charge is 0.396 e. The van der Waals surface area contributed by atoms with Crippen molar-refractivity contribution in [1.29, 1.82) is 0 Å². The van der Waals surface area contributed by atoms with Crippen molar-refractivity contribution in [2.75, 3.05) is 25.2 Å². The van der Waals surface area contributed by atoms with Gasteiger partial charge in [0, 0.05) is 25.9 Å². The highest BCUT2D eigenvalue weighted by Crippen LogP contribution is 2.04. The summed E-state index contributed by atoms with van der Waals surface area (Å²) in [6.07, 6.45) is 10.0. The quantitative estimate of drug-likeness (QED) is 0.572. The van der Waals surface area contributed by atoms with Gasteiger partial charge in [0.25, 0.3) is 0 Å². The van der Waals surface area contributed by atoms with Gasteiger partial charge in [0.1, 0.15) is 0 Å². The lowest BCUT2D eigenvalue weighted by Gasteiger charge is -2.02. The highest BCUT2D eigenvalue weighted by atomic mass is 32.2. The second-order valence-electron chi connectivity index (χ2n) is 4.63. The molecule has 0 fully saturated rings. The summed E-state index contributed by atoms with van der Waals surface area (Å²) < 4.78 is 1.79. The van der Waals surface area contributed by atoms with E-state index in [2.05, 4.69) is 21.9 Å². The molecule has 0 unspecified atom stereocenters. The Kier molecular flexibility index (Phi) is 9.75. The second kappa shape index (κ2) is 11.3. The number of aliphatic hydroxyl groups is 1. The molecule has 1 heterocycles. The minimum atomic E-state index is 0.198. The Morgan fingerprint density at radius 2 is 2.11 bits per heavy atom. The molecule has 19 heavy (non-hydrogen) atoms. The molecule has 0 atom stereocenters. The number of thioether (sulfide) groups is 1. The average Bonchev–Trinajstić information content (AvgIpc) is 2.87. The molecule has 1 aromatic heterocycles. The normalized spacial score (nSPS) is 11.1. The fourth-order valence-corrected chi connectivity index (χ4v) is 2.32. The molecule has 110 valence electrons. The van der Waals surface area contributed by atoms with Gasteiger partial charge in [-0.05, 0) is 37.8 Å². The zero-order valence-corrected chi connectivity index (χ0v) is 12.7. The Labute approximate surface area is 120 Å². The van der Waals surface area contributed by atoms with E-state index in [-0.39, 0.29) is 6.61 Å². The van der Waals surface area contributed by atoms with Crippen LogP contribution in [0.25, 0.3) is 0 Å². The van der Waals surface area contributed by atoms with Gasteiger partial charge in [-0.2, -0.15) is 11.8 Å². The molecule has 0 spiro atoms. The molecular weight excluding hydrogens is 260 g/mol. The molecule has 1 rings (SSSR count). The Morgan fingerprint density at radius 3 is 2.89 bits per heavy atom. The summed E-state index contributed by atoms with van der Waals surface area (Å²) in [5.74, 6) is 1.28. The first-order valence-electron chi connectivity index (χ1n) is 7.06. The van der Waals surface area contributed by atoms with Crippen molar-refractivity contribution in [3.05, 3.63) is 11.9 Å². The van der Waals surface area contributed by atoms with Crippen LogP contribution >= 0.6 is 11.8 Å². The van der Waals surface area contributed by atoms with Crippen LogP contribution in [0.3, 0.4) is 0 Å². The number of nitrogens with one attached hydrogen (secondary N) is 1. The molecule has 0 bridgehead atoms. The predicted octanol–water partition coefficient (Wildman–Crippen LogP) is 1.67. The van der Waals surface area contributed by atoms with E-state index in [1.807, 2.05) is 18.0 Å². The van der Waals surface area contributed by atoms with Crippen LogP contribution in [0.15, 0.2) is 6.20 Å². The summed E-state index contributed by atoms with van der Waals surface area (Å²) in [7, 11) is 0. The summed E-state index contributed by atoms with van der Waals surface area (Å²) in [5.41, 5.74) is 0.973. The highest BCUT2D eigenvalue weighted by Gasteiger charge is 1.99. The highest BCUT2D eigenvalue weighted by molar-refractivity contribution is 7.98. The van der Waals surface area contributed by atoms with Crippen molar-refractivity contribution in [2.24, 2.45) is 0 Å². The van der Waals surface area contributed by atoms with E-state index in [0.717, 1.165) is 31.7 Å². The number of hydrogen-bond donors (Lipinski definition) is 2. The van der Waals surface area contributed by atoms with Crippen LogP contribution in [0.2, 0.25) is 0 Å². The zero-order chi connectivity index (χ0) is 13.8. The van der Waals surface area contributed by atoms with Gasteiger partial charge in [-0.1, -0.05) is 18.1 Å². The molecule has 0 aliphatic heterocycles. The van der Waals surface area contributed by atoms with Gasteiger partial charge in [0.05, 0.1) is 5.69 Å². The smallest absolute Gasteiger partial charge is 0.0964 e. The average molecular weight is 286 g/mol. The van der Waals surface area contributed by atoms with Crippen molar-refractivity contribution in [3.63, 3.8) is 0 Å². The standard InChI is InChI=1S/C13H26N4OS/c1-19-10-5-3-2-4-7-14-11-13-12-17(16-15-13)8-6-9-18/h12,14,18H,2-11H2,1H3. The summed E-state index contributed by atoms with van der Waals surface area (Å²) in [5, 5.41) is 20.2. The molecule has 0 saturated heterocycles. The van der Waals surface area contributed by atoms with Crippen LogP contribution in [0.1, 0.15) is 37.8 Å². The van der Waals surface area contributed by atoms with E-state index in [4.69, 9.17) is 5.11 Å². The number of aliphatic hydroxyl groups excluding tert-OH is 1. The Hall–Kier alpha value is -0.590. The Balaban J connectivity index is 1.98. The first kappa shape index (κ1) is 16.5. The van der Waals surface area contributed by atoms with Gasteiger partial charge in [-0.25, -0.2) is 0 Å². The fourth-order valence-electron chi connectivity index (χ4n) is 1.83. The second-order valence-corrected chi connectivity index (χ2v) is 5.62. The van der Waals surface area contributed by atoms with Crippen molar-refractivity contribution in [1.82, 2.24) is 20.3 Å². The summed E-state index contributed by atoms with van der Waals surface area (Å²) in [6, 6.07) is 0. The molecule has 1 aromatic rings. The van der Waals surface area contributed by atoms with Crippen LogP contribution in [0.4, 0.5) is 0 Å². The lowest BCUT2D eigenvalue weighted by molar-refractivity contribution is 0.276. The first-order chi connectivity index (χ1) is 9.36. The summed E-state index contributed by atoms with van der Waals surface area (Å²) in [6.45, 7) is 2.76. The molecule has 0 aromatic carbocycles. The molecule has 2 N–H and O–H groups in total. The number of aryl methyl sites for hydroxylation is 1. The minimum Gasteiger partial charge on any atom is -0.396 e. The molecule has 0 radical (unpaired) electrons. The third kappa shape index (κ3) is 8.23. The monoisotopic (exact) mass is 286 g/mol. The molecule has 5 nitrogen and oxygen atoms in total. The van der Waals surface area contributed by atoms with Crippen LogP contribution in [-0.4, -0.2) is 45.3 Å². The molecule has 6 heteroatoms.